The van der Waals surface area contributed by atoms with Crippen LogP contribution in [0.5, 0.6) is 17.2 Å². The summed E-state index contributed by atoms with van der Waals surface area (Å²) in [5.41, 5.74) is 2.95. The molecule has 0 unspecified atom stereocenters. The van der Waals surface area contributed by atoms with Crippen LogP contribution in [0, 0.1) is 0 Å². The van der Waals surface area contributed by atoms with E-state index in [0.717, 1.165) is 37.8 Å². The third-order valence-corrected chi connectivity index (χ3v) is 7.64. The number of benzene rings is 2. The number of aromatic hydroxyl groups is 2. The van der Waals surface area contributed by atoms with E-state index < -0.39 is 0 Å². The van der Waals surface area contributed by atoms with Gasteiger partial charge in [0.1, 0.15) is 23.9 Å². The Hall–Kier alpha value is -3.16. The average molecular weight is 584 g/mol. The van der Waals surface area contributed by atoms with Gasteiger partial charge >= 0.3 is 0 Å². The number of ether oxygens (including phenoxy) is 1. The first-order valence-electron chi connectivity index (χ1n) is 14.8. The van der Waals surface area contributed by atoms with E-state index in [2.05, 4.69) is 61.4 Å². The molecule has 0 bridgehead atoms. The monoisotopic (exact) mass is 583 g/mol. The van der Waals surface area contributed by atoms with E-state index >= 15 is 0 Å². The highest BCUT2D eigenvalue weighted by atomic mass is 32.1. The van der Waals surface area contributed by atoms with E-state index in [1.54, 1.807) is 0 Å². The topological polar surface area (TPSA) is 87.1 Å². The lowest BCUT2D eigenvalue weighted by atomic mass is 10.0. The Morgan fingerprint density at radius 1 is 0.829 bits per heavy atom. The number of likely N-dealkylation sites (tertiary alicyclic amines) is 1. The minimum absolute atomic E-state index is 0.0352. The summed E-state index contributed by atoms with van der Waals surface area (Å²) in [6.07, 6.45) is 6.08. The Morgan fingerprint density at radius 3 is 1.85 bits per heavy atom. The van der Waals surface area contributed by atoms with Crippen LogP contribution in [0.15, 0.2) is 47.8 Å². The van der Waals surface area contributed by atoms with Crippen LogP contribution in [0.3, 0.4) is 0 Å². The SMILES string of the molecule is CC.CC(=O)c1cc(C(C)=O)c(O)cc1O.CCc1ccc(OCCN2CCCC2)cc1CC.CCc1cccs1. The first kappa shape index (κ1) is 35.9. The molecule has 0 radical (unpaired) electrons. The fourth-order valence-electron chi connectivity index (χ4n) is 4.32. The fourth-order valence-corrected chi connectivity index (χ4v) is 4.98. The lowest BCUT2D eigenvalue weighted by Gasteiger charge is -2.15. The van der Waals surface area contributed by atoms with Gasteiger partial charge in [0, 0.05) is 17.5 Å². The number of ketones is 2. The third kappa shape index (κ3) is 12.5. The Labute approximate surface area is 251 Å². The molecule has 1 aliphatic rings. The van der Waals surface area contributed by atoms with Gasteiger partial charge in [0.15, 0.2) is 11.6 Å². The zero-order valence-corrected chi connectivity index (χ0v) is 26.8. The molecule has 1 aromatic heterocycles. The summed E-state index contributed by atoms with van der Waals surface area (Å²) in [5, 5.41) is 20.7. The molecule has 4 rings (SSSR count). The molecule has 0 spiro atoms. The molecule has 2 N–H and O–H groups in total. The summed E-state index contributed by atoms with van der Waals surface area (Å²) in [6, 6.07) is 13.0. The smallest absolute Gasteiger partial charge is 0.163 e. The van der Waals surface area contributed by atoms with E-state index in [-0.39, 0.29) is 34.2 Å². The molecule has 6 nitrogen and oxygen atoms in total. The van der Waals surface area contributed by atoms with Crippen LogP contribution in [-0.2, 0) is 19.3 Å². The van der Waals surface area contributed by atoms with Gasteiger partial charge in [-0.3, -0.25) is 14.5 Å². The number of hydrogen-bond donors (Lipinski definition) is 2. The number of carbonyl (C=O) groups is 2. The quantitative estimate of drug-likeness (QED) is 0.247. The number of rotatable bonds is 9. The number of nitrogens with zero attached hydrogens (tertiary/aromatic N) is 1. The molecule has 0 amide bonds. The first-order chi connectivity index (χ1) is 19.7. The number of aryl methyl sites for hydroxylation is 3. The molecular formula is C34H49NO5S. The van der Waals surface area contributed by atoms with E-state index in [4.69, 9.17) is 4.74 Å². The number of phenolic OH excluding ortho intramolecular Hbond substituents is 2. The highest BCUT2D eigenvalue weighted by Gasteiger charge is 2.14. The molecule has 0 atom stereocenters. The van der Waals surface area contributed by atoms with Crippen LogP contribution >= 0.6 is 11.3 Å². The molecule has 41 heavy (non-hydrogen) atoms. The van der Waals surface area contributed by atoms with Crippen molar-refractivity contribution in [3.63, 3.8) is 0 Å². The molecule has 226 valence electrons. The number of Topliss-reactive ketones (excluding diaryl/α,β-unsaturated/α-hetero) is 2. The number of phenols is 2. The average Bonchev–Trinajstić information content (AvgIpc) is 3.69. The van der Waals surface area contributed by atoms with Gasteiger partial charge in [-0.1, -0.05) is 46.8 Å². The van der Waals surface area contributed by atoms with Crippen molar-refractivity contribution in [1.82, 2.24) is 4.90 Å². The van der Waals surface area contributed by atoms with Crippen molar-refractivity contribution < 1.29 is 24.5 Å². The highest BCUT2D eigenvalue weighted by molar-refractivity contribution is 7.09. The van der Waals surface area contributed by atoms with Gasteiger partial charge in [-0.05, 0) is 99.8 Å². The molecule has 2 aromatic carbocycles. The Balaban J connectivity index is 0.000000323. The summed E-state index contributed by atoms with van der Waals surface area (Å²) in [6.45, 7) is 17.5. The normalized spacial score (nSPS) is 12.2. The predicted molar refractivity (Wildman–Crippen MR) is 171 cm³/mol. The molecule has 0 saturated carbocycles. The van der Waals surface area contributed by atoms with Crippen LogP contribution in [0.1, 0.15) is 98.0 Å². The molecule has 7 heteroatoms. The fraction of sp³-hybridized carbons (Fsp3) is 0.471. The van der Waals surface area contributed by atoms with Crippen LogP contribution in [-0.4, -0.2) is 52.9 Å². The molecule has 0 aliphatic carbocycles. The van der Waals surface area contributed by atoms with Crippen molar-refractivity contribution in [1.29, 1.82) is 0 Å². The van der Waals surface area contributed by atoms with Crippen molar-refractivity contribution in [3.8, 4) is 17.2 Å². The van der Waals surface area contributed by atoms with Gasteiger partial charge < -0.3 is 14.9 Å². The summed E-state index contributed by atoms with van der Waals surface area (Å²) in [7, 11) is 0. The van der Waals surface area contributed by atoms with E-state index in [9.17, 15) is 19.8 Å². The number of thiophene rings is 1. The van der Waals surface area contributed by atoms with Crippen molar-refractivity contribution in [2.75, 3.05) is 26.2 Å². The molecule has 1 fully saturated rings. The second kappa shape index (κ2) is 19.8. The predicted octanol–water partition coefficient (Wildman–Crippen LogP) is 8.13. The molecule has 2 heterocycles. The summed E-state index contributed by atoms with van der Waals surface area (Å²) < 4.78 is 5.87. The van der Waals surface area contributed by atoms with E-state index in [0.29, 0.717) is 0 Å². The summed E-state index contributed by atoms with van der Waals surface area (Å²) >= 11 is 1.82. The second-order valence-corrected chi connectivity index (χ2v) is 10.5. The third-order valence-electron chi connectivity index (χ3n) is 6.62. The van der Waals surface area contributed by atoms with Crippen LogP contribution in [0.4, 0.5) is 0 Å². The van der Waals surface area contributed by atoms with E-state index in [1.165, 1.54) is 68.3 Å². The molecule has 3 aromatic rings. The second-order valence-electron chi connectivity index (χ2n) is 9.47. The Kier molecular flexibility index (Phi) is 17.4. The Morgan fingerprint density at radius 2 is 1.41 bits per heavy atom. The number of hydrogen-bond acceptors (Lipinski definition) is 7. The largest absolute Gasteiger partial charge is 0.507 e. The van der Waals surface area contributed by atoms with Crippen LogP contribution in [0.2, 0.25) is 0 Å². The van der Waals surface area contributed by atoms with Gasteiger partial charge in [0.2, 0.25) is 0 Å². The van der Waals surface area contributed by atoms with Crippen molar-refractivity contribution in [2.24, 2.45) is 0 Å². The zero-order valence-electron chi connectivity index (χ0n) is 26.0. The maximum Gasteiger partial charge on any atom is 0.163 e. The molecule has 1 aliphatic heterocycles. The summed E-state index contributed by atoms with van der Waals surface area (Å²) in [5.74, 6) is -0.321. The van der Waals surface area contributed by atoms with Gasteiger partial charge in [-0.25, -0.2) is 0 Å². The van der Waals surface area contributed by atoms with E-state index in [1.807, 2.05) is 25.2 Å². The van der Waals surface area contributed by atoms with Gasteiger partial charge in [-0.15, -0.1) is 11.3 Å². The lowest BCUT2D eigenvalue weighted by molar-refractivity contribution is 0.101. The van der Waals surface area contributed by atoms with Crippen molar-refractivity contribution >= 4 is 22.9 Å². The number of carbonyl (C=O) groups excluding carboxylic acids is 2. The Bertz CT molecular complexity index is 1150. The van der Waals surface area contributed by atoms with Gasteiger partial charge in [0.05, 0.1) is 11.1 Å². The van der Waals surface area contributed by atoms with Crippen LogP contribution in [0.25, 0.3) is 0 Å². The minimum atomic E-state index is -0.356. The van der Waals surface area contributed by atoms with Gasteiger partial charge in [0.25, 0.3) is 0 Å². The van der Waals surface area contributed by atoms with Crippen molar-refractivity contribution in [3.05, 3.63) is 75.0 Å². The van der Waals surface area contributed by atoms with Gasteiger partial charge in [-0.2, -0.15) is 0 Å². The lowest BCUT2D eigenvalue weighted by Crippen LogP contribution is -2.25. The standard InChI is InChI=1S/C16H25NO.C10H10O4.C6H8S.C2H6/c1-3-14-7-8-16(13-15(14)4-2)18-12-11-17-9-5-6-10-17;1-5(11)7-3-8(6(2)12)10(14)4-9(7)13;1-2-6-4-3-5-7-6;1-2/h7-8,13H,3-6,9-12H2,1-2H3;3-4,13-14H,1-2H3;3-5H,2H2,1H3;1-2H3. The first-order valence-corrected chi connectivity index (χ1v) is 15.6. The van der Waals surface area contributed by atoms with Crippen molar-refractivity contribution in [2.45, 2.75) is 80.6 Å². The zero-order chi connectivity index (χ0) is 30.8. The highest BCUT2D eigenvalue weighted by Crippen LogP contribution is 2.28. The minimum Gasteiger partial charge on any atom is -0.507 e. The summed E-state index contributed by atoms with van der Waals surface area (Å²) in [4.78, 5) is 26.0. The maximum absolute atomic E-state index is 11.0. The molecule has 1 saturated heterocycles. The van der Waals surface area contributed by atoms with Crippen LogP contribution < -0.4 is 4.74 Å². The molecular weight excluding hydrogens is 534 g/mol. The maximum atomic E-state index is 11.0.